The van der Waals surface area contributed by atoms with Crippen LogP contribution in [-0.4, -0.2) is 16.0 Å². The number of hydrogen-bond acceptors (Lipinski definition) is 3. The molecule has 0 saturated heterocycles. The number of nitrogens with zero attached hydrogens (tertiary/aromatic N) is 1. The minimum Gasteiger partial charge on any atom is -0.369 e. The normalized spacial score (nSPS) is 13.3. The molecular formula is C11H16N2O2. The number of rotatable bonds is 2. The Morgan fingerprint density at radius 3 is 2.67 bits per heavy atom. The quantitative estimate of drug-likeness (QED) is 0.719. The lowest BCUT2D eigenvalue weighted by atomic mass is 9.95. The van der Waals surface area contributed by atoms with Crippen molar-refractivity contribution < 1.29 is 9.90 Å². The van der Waals surface area contributed by atoms with Crippen molar-refractivity contribution in [2.75, 3.05) is 0 Å². The van der Waals surface area contributed by atoms with E-state index >= 15 is 0 Å². The number of carbonyl (C=O) groups is 1. The zero-order valence-electron chi connectivity index (χ0n) is 9.19. The number of carbonyl (C=O) groups excluding carboxylic acids is 1. The summed E-state index contributed by atoms with van der Waals surface area (Å²) in [6, 6.07) is 3.42. The Balaban J connectivity index is 2.65. The molecule has 1 aromatic heterocycles. The third-order valence-corrected chi connectivity index (χ3v) is 1.95. The van der Waals surface area contributed by atoms with Gasteiger partial charge < -0.3 is 10.4 Å². The van der Waals surface area contributed by atoms with Gasteiger partial charge in [0.25, 0.3) is 0 Å². The number of nitrogens with one attached hydrogen (secondary N) is 1. The van der Waals surface area contributed by atoms with Gasteiger partial charge in [0, 0.05) is 23.4 Å². The minimum atomic E-state index is -0.995. The lowest BCUT2D eigenvalue weighted by molar-refractivity contribution is -0.131. The Kier molecular flexibility index (Phi) is 3.42. The standard InChI is InChI=1S/C11H16N2O2/c1-11(2,3)10(15)13-9(14)8-5-4-6-12-7-8/h4-7,9,14H,1-3H3,(H,13,15). The summed E-state index contributed by atoms with van der Waals surface area (Å²) in [6.45, 7) is 5.37. The first-order chi connectivity index (χ1) is 6.91. The SMILES string of the molecule is CC(C)(C)C(=O)NC(O)c1cccnc1. The fourth-order valence-corrected chi connectivity index (χ4v) is 0.962. The molecule has 1 aromatic rings. The second-order valence-corrected chi connectivity index (χ2v) is 4.41. The van der Waals surface area contributed by atoms with Crippen LogP contribution in [0.4, 0.5) is 0 Å². The number of pyridine rings is 1. The molecule has 0 aliphatic heterocycles. The Hall–Kier alpha value is -1.42. The van der Waals surface area contributed by atoms with E-state index in [1.807, 2.05) is 0 Å². The maximum atomic E-state index is 11.6. The highest BCUT2D eigenvalue weighted by Gasteiger charge is 2.23. The van der Waals surface area contributed by atoms with Crippen LogP contribution in [0.1, 0.15) is 32.6 Å². The highest BCUT2D eigenvalue weighted by Crippen LogP contribution is 2.15. The zero-order valence-corrected chi connectivity index (χ0v) is 9.19. The summed E-state index contributed by atoms with van der Waals surface area (Å²) >= 11 is 0. The molecule has 0 aliphatic carbocycles. The molecule has 2 N–H and O–H groups in total. The summed E-state index contributed by atoms with van der Waals surface area (Å²) in [7, 11) is 0. The largest absolute Gasteiger partial charge is 0.369 e. The van der Waals surface area contributed by atoms with Crippen LogP contribution in [0.3, 0.4) is 0 Å². The van der Waals surface area contributed by atoms with Crippen molar-refractivity contribution >= 4 is 5.91 Å². The lowest BCUT2D eigenvalue weighted by Crippen LogP contribution is -2.37. The van der Waals surface area contributed by atoms with E-state index in [9.17, 15) is 9.90 Å². The molecule has 0 aromatic carbocycles. The highest BCUT2D eigenvalue weighted by molar-refractivity contribution is 5.81. The predicted molar refractivity (Wildman–Crippen MR) is 56.8 cm³/mol. The van der Waals surface area contributed by atoms with E-state index in [2.05, 4.69) is 10.3 Å². The van der Waals surface area contributed by atoms with E-state index in [1.54, 1.807) is 39.1 Å². The van der Waals surface area contributed by atoms with E-state index in [4.69, 9.17) is 0 Å². The van der Waals surface area contributed by atoms with Gasteiger partial charge in [-0.05, 0) is 6.07 Å². The van der Waals surface area contributed by atoms with Crippen molar-refractivity contribution in [3.63, 3.8) is 0 Å². The monoisotopic (exact) mass is 208 g/mol. The zero-order chi connectivity index (χ0) is 11.5. The molecule has 0 fully saturated rings. The Bertz CT molecular complexity index is 330. The maximum Gasteiger partial charge on any atom is 0.227 e. The molecule has 15 heavy (non-hydrogen) atoms. The molecule has 1 unspecified atom stereocenters. The fraction of sp³-hybridized carbons (Fsp3) is 0.455. The van der Waals surface area contributed by atoms with E-state index in [0.29, 0.717) is 5.56 Å². The molecule has 0 radical (unpaired) electrons. The van der Waals surface area contributed by atoms with Crippen molar-refractivity contribution in [3.05, 3.63) is 30.1 Å². The molecule has 1 rings (SSSR count). The molecule has 0 bridgehead atoms. The van der Waals surface area contributed by atoms with Crippen LogP contribution in [-0.2, 0) is 4.79 Å². The van der Waals surface area contributed by atoms with Gasteiger partial charge in [-0.1, -0.05) is 26.8 Å². The molecule has 0 spiro atoms. The number of hydrogen-bond donors (Lipinski definition) is 2. The van der Waals surface area contributed by atoms with Crippen LogP contribution in [0.5, 0.6) is 0 Å². The molecule has 82 valence electrons. The van der Waals surface area contributed by atoms with Gasteiger partial charge in [0.2, 0.25) is 5.91 Å². The third-order valence-electron chi connectivity index (χ3n) is 1.95. The summed E-state index contributed by atoms with van der Waals surface area (Å²) in [5.74, 6) is -0.196. The minimum absolute atomic E-state index is 0.196. The van der Waals surface area contributed by atoms with Gasteiger partial charge in [0.05, 0.1) is 0 Å². The van der Waals surface area contributed by atoms with Gasteiger partial charge in [-0.2, -0.15) is 0 Å². The van der Waals surface area contributed by atoms with Crippen molar-refractivity contribution in [1.29, 1.82) is 0 Å². The summed E-state index contributed by atoms with van der Waals surface area (Å²) in [5, 5.41) is 12.2. The van der Waals surface area contributed by atoms with Crippen molar-refractivity contribution in [3.8, 4) is 0 Å². The molecule has 1 atom stereocenters. The van der Waals surface area contributed by atoms with Crippen LogP contribution in [0, 0.1) is 5.41 Å². The molecule has 4 heteroatoms. The average molecular weight is 208 g/mol. The first kappa shape index (κ1) is 11.7. The lowest BCUT2D eigenvalue weighted by Gasteiger charge is -2.21. The van der Waals surface area contributed by atoms with Gasteiger partial charge in [0.1, 0.15) is 0 Å². The maximum absolute atomic E-state index is 11.6. The molecule has 0 saturated carbocycles. The summed E-state index contributed by atoms with van der Waals surface area (Å²) in [5.41, 5.74) is 0.0681. The number of aromatic nitrogens is 1. The molecule has 4 nitrogen and oxygen atoms in total. The van der Waals surface area contributed by atoms with Gasteiger partial charge >= 0.3 is 0 Å². The molecule has 1 amide bonds. The highest BCUT2D eigenvalue weighted by atomic mass is 16.3. The Morgan fingerprint density at radius 2 is 2.20 bits per heavy atom. The summed E-state index contributed by atoms with van der Waals surface area (Å²) in [6.07, 6.45) is 2.14. The molecular weight excluding hydrogens is 192 g/mol. The topological polar surface area (TPSA) is 62.2 Å². The van der Waals surface area contributed by atoms with Gasteiger partial charge in [-0.25, -0.2) is 0 Å². The van der Waals surface area contributed by atoms with Crippen LogP contribution < -0.4 is 5.32 Å². The van der Waals surface area contributed by atoms with Crippen LogP contribution >= 0.6 is 0 Å². The van der Waals surface area contributed by atoms with E-state index in [0.717, 1.165) is 0 Å². The number of aliphatic hydroxyl groups is 1. The predicted octanol–water partition coefficient (Wildman–Crippen LogP) is 1.23. The smallest absolute Gasteiger partial charge is 0.227 e. The summed E-state index contributed by atoms with van der Waals surface area (Å²) < 4.78 is 0. The molecule has 0 aliphatic rings. The van der Waals surface area contributed by atoms with E-state index < -0.39 is 11.6 Å². The van der Waals surface area contributed by atoms with Gasteiger partial charge in [0.15, 0.2) is 6.23 Å². The van der Waals surface area contributed by atoms with Crippen molar-refractivity contribution in [2.45, 2.75) is 27.0 Å². The van der Waals surface area contributed by atoms with Crippen LogP contribution in [0.2, 0.25) is 0 Å². The second kappa shape index (κ2) is 4.40. The first-order valence-electron chi connectivity index (χ1n) is 4.80. The third kappa shape index (κ3) is 3.32. The Labute approximate surface area is 89.3 Å². The summed E-state index contributed by atoms with van der Waals surface area (Å²) in [4.78, 5) is 15.4. The van der Waals surface area contributed by atoms with Gasteiger partial charge in [-0.15, -0.1) is 0 Å². The van der Waals surface area contributed by atoms with Crippen LogP contribution in [0.15, 0.2) is 24.5 Å². The Morgan fingerprint density at radius 1 is 1.53 bits per heavy atom. The number of aliphatic hydroxyl groups excluding tert-OH is 1. The average Bonchev–Trinajstić information content (AvgIpc) is 2.17. The number of amides is 1. The van der Waals surface area contributed by atoms with Crippen LogP contribution in [0.25, 0.3) is 0 Å². The van der Waals surface area contributed by atoms with E-state index in [1.165, 1.54) is 6.20 Å². The first-order valence-corrected chi connectivity index (χ1v) is 4.80. The molecule has 1 heterocycles. The van der Waals surface area contributed by atoms with Crippen molar-refractivity contribution in [1.82, 2.24) is 10.3 Å². The van der Waals surface area contributed by atoms with Gasteiger partial charge in [-0.3, -0.25) is 9.78 Å². The van der Waals surface area contributed by atoms with Crippen molar-refractivity contribution in [2.24, 2.45) is 5.41 Å². The fourth-order valence-electron chi connectivity index (χ4n) is 0.962. The second-order valence-electron chi connectivity index (χ2n) is 4.41. The van der Waals surface area contributed by atoms with E-state index in [-0.39, 0.29) is 5.91 Å².